The van der Waals surface area contributed by atoms with Crippen molar-refractivity contribution in [2.75, 3.05) is 25.7 Å². The molecule has 8 heteroatoms. The predicted molar refractivity (Wildman–Crippen MR) is 87.8 cm³/mol. The maximum atomic E-state index is 11.5. The van der Waals surface area contributed by atoms with E-state index in [1.54, 1.807) is 0 Å². The molecule has 2 aliphatic carbocycles. The van der Waals surface area contributed by atoms with Crippen LogP contribution in [0.1, 0.15) is 39.0 Å². The minimum absolute atomic E-state index is 0.0739. The molecular weight excluding hydrogens is 340 g/mol. The smallest absolute Gasteiger partial charge is 0.264 e. The van der Waals surface area contributed by atoms with Crippen LogP contribution in [0.15, 0.2) is 12.2 Å². The third-order valence-corrected chi connectivity index (χ3v) is 6.56. The van der Waals surface area contributed by atoms with Crippen molar-refractivity contribution in [1.82, 2.24) is 0 Å². The Labute approximate surface area is 139 Å². The maximum Gasteiger partial charge on any atom is 0.264 e. The lowest BCUT2D eigenvalue weighted by Gasteiger charge is -2.57. The lowest BCUT2D eigenvalue weighted by Crippen LogP contribution is -2.55. The fraction of sp³-hybridized carbons (Fsp3) is 0.867. The summed E-state index contributed by atoms with van der Waals surface area (Å²) in [6, 6.07) is 0. The van der Waals surface area contributed by atoms with Crippen LogP contribution in [0.3, 0.4) is 0 Å². The second-order valence-corrected chi connectivity index (χ2v) is 10.3. The first-order valence-corrected chi connectivity index (χ1v) is 11.5. The van der Waals surface area contributed by atoms with Gasteiger partial charge in [0.05, 0.1) is 25.7 Å². The van der Waals surface area contributed by atoms with Gasteiger partial charge in [0.15, 0.2) is 0 Å². The third kappa shape index (κ3) is 4.15. The van der Waals surface area contributed by atoms with Crippen LogP contribution >= 0.6 is 0 Å². The molecule has 0 aromatic rings. The maximum absolute atomic E-state index is 11.5. The third-order valence-electron chi connectivity index (χ3n) is 5.47. The average Bonchev–Trinajstić information content (AvgIpc) is 2.42. The van der Waals surface area contributed by atoms with Crippen molar-refractivity contribution < 1.29 is 25.2 Å². The summed E-state index contributed by atoms with van der Waals surface area (Å²) in [6.07, 6.45) is 10.5. The van der Waals surface area contributed by atoms with E-state index in [9.17, 15) is 16.8 Å². The standard InChI is InChI=1S/C15H26O6S2/c1-13-7-6-9-14(11-20-22(2,16)17)8-4-5-10-15(13,14)12-21-23(3,18)19/h6-7,13H,4-5,8-12H2,1-3H3/t13-,14-,15-/m0/s1. The quantitative estimate of drug-likeness (QED) is 0.528. The number of allylic oxidation sites excluding steroid dienone is 2. The second kappa shape index (κ2) is 6.46. The zero-order valence-corrected chi connectivity index (χ0v) is 15.6. The van der Waals surface area contributed by atoms with Crippen molar-refractivity contribution >= 4 is 20.2 Å². The number of rotatable bonds is 6. The minimum atomic E-state index is -3.56. The van der Waals surface area contributed by atoms with E-state index in [2.05, 4.69) is 12.2 Å². The Kier molecular flexibility index (Phi) is 5.31. The highest BCUT2D eigenvalue weighted by atomic mass is 32.2. The van der Waals surface area contributed by atoms with Crippen LogP contribution in [0.2, 0.25) is 0 Å². The van der Waals surface area contributed by atoms with Crippen molar-refractivity contribution in [2.45, 2.75) is 39.0 Å². The van der Waals surface area contributed by atoms with Gasteiger partial charge in [-0.05, 0) is 25.2 Å². The molecule has 0 saturated heterocycles. The molecule has 0 spiro atoms. The van der Waals surface area contributed by atoms with Crippen molar-refractivity contribution in [3.05, 3.63) is 12.2 Å². The van der Waals surface area contributed by atoms with E-state index in [1.165, 1.54) is 0 Å². The SMILES string of the molecule is C[C@H]1C=CC[C@]2(COS(C)(=O)=O)CCCC[C@]12COS(C)(=O)=O. The van der Waals surface area contributed by atoms with Crippen LogP contribution in [-0.4, -0.2) is 42.6 Å². The van der Waals surface area contributed by atoms with E-state index in [0.29, 0.717) is 6.42 Å². The Morgan fingerprint density at radius 3 is 2.17 bits per heavy atom. The van der Waals surface area contributed by atoms with Crippen molar-refractivity contribution in [1.29, 1.82) is 0 Å². The van der Waals surface area contributed by atoms with E-state index in [0.717, 1.165) is 38.2 Å². The van der Waals surface area contributed by atoms with Crippen LogP contribution in [0.25, 0.3) is 0 Å². The first-order chi connectivity index (χ1) is 10.5. The fourth-order valence-corrected chi connectivity index (χ4v) is 5.04. The Morgan fingerprint density at radius 1 is 1.00 bits per heavy atom. The van der Waals surface area contributed by atoms with Crippen LogP contribution in [0, 0.1) is 16.7 Å². The lowest BCUT2D eigenvalue weighted by molar-refractivity contribution is -0.101. The van der Waals surface area contributed by atoms with Crippen LogP contribution in [0.4, 0.5) is 0 Å². The molecule has 1 saturated carbocycles. The Bertz CT molecular complexity index is 666. The first-order valence-electron chi connectivity index (χ1n) is 7.85. The van der Waals surface area contributed by atoms with Gasteiger partial charge in [0, 0.05) is 10.8 Å². The van der Waals surface area contributed by atoms with Crippen molar-refractivity contribution in [3.63, 3.8) is 0 Å². The second-order valence-electron chi connectivity index (χ2n) is 7.00. The summed E-state index contributed by atoms with van der Waals surface area (Å²) < 4.78 is 56.3. The van der Waals surface area contributed by atoms with Gasteiger partial charge in [0.2, 0.25) is 0 Å². The summed E-state index contributed by atoms with van der Waals surface area (Å²) >= 11 is 0. The lowest BCUT2D eigenvalue weighted by atomic mass is 9.49. The molecule has 1 fully saturated rings. The van der Waals surface area contributed by atoms with Gasteiger partial charge in [0.1, 0.15) is 0 Å². The zero-order valence-electron chi connectivity index (χ0n) is 13.9. The summed E-state index contributed by atoms with van der Waals surface area (Å²) in [6.45, 7) is 2.19. The van der Waals surface area contributed by atoms with E-state index in [-0.39, 0.29) is 19.1 Å². The normalized spacial score (nSPS) is 35.0. The number of fused-ring (bicyclic) bond motifs is 1. The average molecular weight is 367 g/mol. The highest BCUT2D eigenvalue weighted by Crippen LogP contribution is 2.60. The van der Waals surface area contributed by atoms with E-state index >= 15 is 0 Å². The molecule has 0 N–H and O–H groups in total. The van der Waals surface area contributed by atoms with Gasteiger partial charge < -0.3 is 0 Å². The van der Waals surface area contributed by atoms with Gasteiger partial charge in [-0.3, -0.25) is 8.37 Å². The summed E-state index contributed by atoms with van der Waals surface area (Å²) in [4.78, 5) is 0. The van der Waals surface area contributed by atoms with Gasteiger partial charge in [-0.2, -0.15) is 16.8 Å². The molecule has 0 amide bonds. The fourth-order valence-electron chi connectivity index (χ4n) is 4.18. The molecule has 0 bridgehead atoms. The van der Waals surface area contributed by atoms with E-state index < -0.39 is 31.1 Å². The molecular formula is C15H26O6S2. The highest BCUT2D eigenvalue weighted by molar-refractivity contribution is 7.86. The molecule has 6 nitrogen and oxygen atoms in total. The van der Waals surface area contributed by atoms with Gasteiger partial charge in [0.25, 0.3) is 20.2 Å². The van der Waals surface area contributed by atoms with Crippen molar-refractivity contribution in [2.24, 2.45) is 16.7 Å². The molecule has 0 radical (unpaired) electrons. The zero-order chi connectivity index (χ0) is 17.4. The monoisotopic (exact) mass is 366 g/mol. The largest absolute Gasteiger partial charge is 0.270 e. The molecule has 23 heavy (non-hydrogen) atoms. The Balaban J connectivity index is 2.38. The van der Waals surface area contributed by atoms with Gasteiger partial charge in [-0.15, -0.1) is 0 Å². The summed E-state index contributed by atoms with van der Waals surface area (Å²) in [5.74, 6) is 0.0986. The summed E-state index contributed by atoms with van der Waals surface area (Å²) in [5, 5.41) is 0. The minimum Gasteiger partial charge on any atom is -0.270 e. The van der Waals surface area contributed by atoms with E-state index in [4.69, 9.17) is 8.37 Å². The molecule has 2 rings (SSSR count). The summed E-state index contributed by atoms with van der Waals surface area (Å²) in [7, 11) is -7.11. The number of hydrogen-bond acceptors (Lipinski definition) is 6. The number of hydrogen-bond donors (Lipinski definition) is 0. The first kappa shape index (κ1) is 18.9. The predicted octanol–water partition coefficient (Wildman–Crippen LogP) is 2.08. The molecule has 2 aliphatic rings. The topological polar surface area (TPSA) is 86.7 Å². The van der Waals surface area contributed by atoms with Crippen LogP contribution < -0.4 is 0 Å². The summed E-state index contributed by atoms with van der Waals surface area (Å²) in [5.41, 5.74) is -0.832. The molecule has 134 valence electrons. The van der Waals surface area contributed by atoms with Gasteiger partial charge >= 0.3 is 0 Å². The molecule has 0 heterocycles. The molecule has 0 aromatic carbocycles. The highest BCUT2D eigenvalue weighted by Gasteiger charge is 2.56. The van der Waals surface area contributed by atoms with E-state index in [1.807, 2.05) is 6.92 Å². The molecule has 0 aromatic heterocycles. The molecule has 0 unspecified atom stereocenters. The van der Waals surface area contributed by atoms with Gasteiger partial charge in [-0.1, -0.05) is 31.9 Å². The molecule has 3 atom stereocenters. The Morgan fingerprint density at radius 2 is 1.57 bits per heavy atom. The van der Waals surface area contributed by atoms with Crippen LogP contribution in [0.5, 0.6) is 0 Å². The van der Waals surface area contributed by atoms with Crippen molar-refractivity contribution in [3.8, 4) is 0 Å². The molecule has 0 aliphatic heterocycles. The van der Waals surface area contributed by atoms with Crippen LogP contribution in [-0.2, 0) is 28.6 Å². The Hall–Kier alpha value is -0.440. The van der Waals surface area contributed by atoms with Gasteiger partial charge in [-0.25, -0.2) is 0 Å².